The summed E-state index contributed by atoms with van der Waals surface area (Å²) in [5.74, 6) is -2.33. The van der Waals surface area contributed by atoms with E-state index < -0.39 is 36.5 Å². The van der Waals surface area contributed by atoms with Crippen molar-refractivity contribution in [2.45, 2.75) is 71.9 Å². The zero-order valence-corrected chi connectivity index (χ0v) is 28.7. The van der Waals surface area contributed by atoms with E-state index in [1.165, 1.54) is 12.1 Å². The Hall–Kier alpha value is -3.70. The average Bonchev–Trinajstić information content (AvgIpc) is 3.53. The minimum absolute atomic E-state index is 0. The molecule has 2 heterocycles. The summed E-state index contributed by atoms with van der Waals surface area (Å²) in [5.41, 5.74) is 3.35. The van der Waals surface area contributed by atoms with Crippen LogP contribution in [0.3, 0.4) is 0 Å². The van der Waals surface area contributed by atoms with Crippen molar-refractivity contribution in [3.63, 3.8) is 0 Å². The number of ether oxygens (including phenoxy) is 1. The summed E-state index contributed by atoms with van der Waals surface area (Å²) in [6.07, 6.45) is 3.23. The van der Waals surface area contributed by atoms with E-state index in [-0.39, 0.29) is 71.5 Å². The zero-order chi connectivity index (χ0) is 31.8. The number of fused-ring (bicyclic) bond motifs is 2. The molecule has 0 spiro atoms. The molecule has 1 aromatic carbocycles. The molecule has 2 aromatic rings. The first-order chi connectivity index (χ1) is 21.2. The number of halogens is 2. The summed E-state index contributed by atoms with van der Waals surface area (Å²) in [5, 5.41) is 35.6. The average molecular weight is 737 g/mol. The molecular weight excluding hydrogens is 702 g/mol. The number of oxime groups is 1. The van der Waals surface area contributed by atoms with Crippen molar-refractivity contribution in [3.05, 3.63) is 52.0 Å². The first-order valence-electron chi connectivity index (χ1n) is 14.3. The molecule has 2 unspecified atom stereocenters. The fourth-order valence-corrected chi connectivity index (χ4v) is 4.82. The second kappa shape index (κ2) is 19.2. The van der Waals surface area contributed by atoms with E-state index in [0.717, 1.165) is 25.0 Å². The van der Waals surface area contributed by atoms with Gasteiger partial charge in [0.05, 0.1) is 53.1 Å². The molecule has 0 bridgehead atoms. The Balaban J connectivity index is 0.00000368. The van der Waals surface area contributed by atoms with Gasteiger partial charge in [-0.15, -0.1) is 5.10 Å². The number of benzene rings is 1. The predicted molar refractivity (Wildman–Crippen MR) is 160 cm³/mol. The number of hydrogen-bond acceptors (Lipinski definition) is 13. The van der Waals surface area contributed by atoms with E-state index in [4.69, 9.17) is 14.8 Å². The van der Waals surface area contributed by atoms with E-state index in [1.54, 1.807) is 44.5 Å². The van der Waals surface area contributed by atoms with Crippen LogP contribution in [0.15, 0.2) is 44.6 Å². The number of aliphatic imine (C=N–C) groups is 2. The van der Waals surface area contributed by atoms with Crippen molar-refractivity contribution in [1.29, 1.82) is 0 Å². The molecule has 4 rings (SSSR count). The molecule has 18 heteroatoms. The van der Waals surface area contributed by atoms with Crippen LogP contribution in [-0.4, -0.2) is 85.6 Å². The number of amides is 2. The van der Waals surface area contributed by atoms with Gasteiger partial charge >= 0.3 is 22.7 Å². The minimum atomic E-state index is -0.903. The maximum atomic E-state index is 12.7. The maximum Gasteiger partial charge on any atom is 3.00 e. The number of carbonyl (C=O) groups is 3. The van der Waals surface area contributed by atoms with Crippen LogP contribution in [0.1, 0.15) is 97.6 Å². The summed E-state index contributed by atoms with van der Waals surface area (Å²) < 4.78 is 7.70. The molecule has 47 heavy (non-hydrogen) atoms. The zero-order valence-electron chi connectivity index (χ0n) is 26.2. The Morgan fingerprint density at radius 3 is 2.15 bits per heavy atom. The number of carbonyl (C=O) groups excluding carboxylic acids is 3. The van der Waals surface area contributed by atoms with Crippen molar-refractivity contribution in [1.82, 2.24) is 20.1 Å². The first kappa shape index (κ1) is 41.3. The Labute approximate surface area is 294 Å². The van der Waals surface area contributed by atoms with Gasteiger partial charge < -0.3 is 50.0 Å². The van der Waals surface area contributed by atoms with E-state index in [0.29, 0.717) is 40.7 Å². The monoisotopic (exact) mass is 736 g/mol. The molecule has 0 fully saturated rings. The molecule has 0 saturated carbocycles. The van der Waals surface area contributed by atoms with Gasteiger partial charge in [0.25, 0.3) is 11.8 Å². The molecule has 0 radical (unpaired) electrons. The van der Waals surface area contributed by atoms with Gasteiger partial charge in [0.2, 0.25) is 0 Å². The van der Waals surface area contributed by atoms with Crippen LogP contribution >= 0.6 is 0 Å². The summed E-state index contributed by atoms with van der Waals surface area (Å²) in [6.45, 7) is 6.57. The molecule has 1 aromatic heterocycles. The van der Waals surface area contributed by atoms with Crippen molar-refractivity contribution in [3.8, 4) is 0 Å². The molecule has 2 atom stereocenters. The second-order valence-corrected chi connectivity index (χ2v) is 10.5. The van der Waals surface area contributed by atoms with Crippen molar-refractivity contribution in [2.75, 3.05) is 19.7 Å². The van der Waals surface area contributed by atoms with Gasteiger partial charge in [-0.2, -0.15) is 0 Å². The molecule has 1 aliphatic heterocycles. The number of hydroxylamine groups is 2. The van der Waals surface area contributed by atoms with Crippen LogP contribution in [0.4, 0.5) is 0 Å². The molecule has 256 valence electrons. The van der Waals surface area contributed by atoms with E-state index in [2.05, 4.69) is 30.6 Å². The van der Waals surface area contributed by atoms with Crippen LogP contribution in [0.2, 0.25) is 0 Å². The van der Waals surface area contributed by atoms with Crippen LogP contribution in [-0.2, 0) is 37.6 Å². The Kier molecular flexibility index (Phi) is 16.9. The van der Waals surface area contributed by atoms with E-state index in [1.807, 2.05) is 0 Å². The Morgan fingerprint density at radius 2 is 1.57 bits per heavy atom. The molecule has 2 amide bonds. The third kappa shape index (κ3) is 9.90. The van der Waals surface area contributed by atoms with Gasteiger partial charge in [-0.1, -0.05) is 40.4 Å². The summed E-state index contributed by atoms with van der Waals surface area (Å²) in [7, 11) is 0. The SMILES string of the molecule is CC(=NCC(CN=C(C)/C(C)=N/O)n1nnc2c1CCCCCC2OCC(=O)ON1C(=O)c2ccccc2C1=O)/C(C)=N/[O-].[Cl-].[Cl-].[Co+3]. The normalized spacial score (nSPS) is 17.7. The van der Waals surface area contributed by atoms with Crippen LogP contribution in [0, 0.1) is 5.21 Å². The third-order valence-electron chi connectivity index (χ3n) is 7.62. The fraction of sp³-hybridized carbons (Fsp3) is 0.483. The van der Waals surface area contributed by atoms with Gasteiger partial charge in [0, 0.05) is 5.71 Å². The molecule has 1 aliphatic carbocycles. The van der Waals surface area contributed by atoms with Crippen molar-refractivity contribution >= 4 is 40.6 Å². The van der Waals surface area contributed by atoms with Crippen molar-refractivity contribution < 1.29 is 70.8 Å². The number of hydrogen-bond donors (Lipinski definition) is 1. The van der Waals surface area contributed by atoms with Crippen LogP contribution in [0.5, 0.6) is 0 Å². The fourth-order valence-electron chi connectivity index (χ4n) is 4.82. The summed E-state index contributed by atoms with van der Waals surface area (Å²) >= 11 is 0. The van der Waals surface area contributed by atoms with E-state index in [9.17, 15) is 19.6 Å². The second-order valence-electron chi connectivity index (χ2n) is 10.5. The summed E-state index contributed by atoms with van der Waals surface area (Å²) in [6, 6.07) is 5.82. The number of aromatic nitrogens is 3. The number of imide groups is 1. The number of rotatable bonds is 11. The van der Waals surface area contributed by atoms with Gasteiger partial charge in [-0.05, 0) is 59.1 Å². The molecule has 0 saturated heterocycles. The Morgan fingerprint density at radius 1 is 0.979 bits per heavy atom. The largest absolute Gasteiger partial charge is 3.00 e. The molecule has 15 nitrogen and oxygen atoms in total. The summed E-state index contributed by atoms with van der Waals surface area (Å²) in [4.78, 5) is 52.0. The van der Waals surface area contributed by atoms with E-state index >= 15 is 0 Å². The predicted octanol–water partition coefficient (Wildman–Crippen LogP) is -2.52. The maximum absolute atomic E-state index is 12.7. The van der Waals surface area contributed by atoms with Gasteiger partial charge in [0.15, 0.2) is 0 Å². The van der Waals surface area contributed by atoms with Crippen LogP contribution in [0.25, 0.3) is 0 Å². The number of nitrogens with zero attached hydrogens (tertiary/aromatic N) is 8. The molecule has 2 aliphatic rings. The molecular formula is C29H35Cl2CoN8O7. The van der Waals surface area contributed by atoms with Gasteiger partial charge in [0.1, 0.15) is 18.4 Å². The minimum Gasteiger partial charge on any atom is -1.00 e. The third-order valence-corrected chi connectivity index (χ3v) is 7.62. The van der Waals surface area contributed by atoms with Gasteiger partial charge in [-0.3, -0.25) is 19.6 Å². The van der Waals surface area contributed by atoms with Crippen molar-refractivity contribution in [2.24, 2.45) is 20.3 Å². The quantitative estimate of drug-likeness (QED) is 0.112. The van der Waals surface area contributed by atoms with Gasteiger partial charge in [-0.25, -0.2) is 9.48 Å². The Bertz CT molecular complexity index is 1470. The first-order valence-corrected chi connectivity index (χ1v) is 14.3. The smallest absolute Gasteiger partial charge is 1.00 e. The molecule has 1 N–H and O–H groups in total. The topological polar surface area (TPSA) is 196 Å². The van der Waals surface area contributed by atoms with Crippen LogP contribution < -0.4 is 24.8 Å². The standard InChI is InChI=1S/C29H36N8O7.2ClH.Co/c1-17(19(3)33-41)30-14-21(15-31-18(2)20(4)34-42)36-24-12-6-5-7-13-25(27(24)32-35-36)43-16-26(38)44-37-28(39)22-10-8-9-11-23(22)29(37)40;;;/h8-11,21,25,41-42H,5-7,12-16H2,1-4H3;2*1H;/q;;;+3/p-3/b30-17?,31-18?,33-19+,34-20+;;;.